The predicted octanol–water partition coefficient (Wildman–Crippen LogP) is 19.4. The highest BCUT2D eigenvalue weighted by Crippen LogP contribution is 2.69. The third-order valence-electron chi connectivity index (χ3n) is 21.9. The number of aryl methyl sites for hydroxylation is 3. The second kappa shape index (κ2) is 21.8. The van der Waals surface area contributed by atoms with E-state index in [1.165, 1.54) is 95.0 Å². The van der Waals surface area contributed by atoms with Gasteiger partial charge in [0.25, 0.3) is 0 Å². The Morgan fingerprint density at radius 2 is 1.03 bits per heavy atom. The van der Waals surface area contributed by atoms with Crippen molar-refractivity contribution in [2.24, 2.45) is 11.8 Å². The van der Waals surface area contributed by atoms with Crippen LogP contribution in [-0.2, 0) is 22.2 Å². The molecular formula is C84H79NO6. The van der Waals surface area contributed by atoms with Gasteiger partial charge in [-0.2, -0.15) is 0 Å². The molecular weight excluding hydrogens is 1120 g/mol. The summed E-state index contributed by atoms with van der Waals surface area (Å²) in [5, 5.41) is 17.1. The summed E-state index contributed by atoms with van der Waals surface area (Å²) < 4.78 is 32.2. The van der Waals surface area contributed by atoms with E-state index in [0.717, 1.165) is 126 Å². The summed E-state index contributed by atoms with van der Waals surface area (Å²) in [4.78, 5) is 2.53. The van der Waals surface area contributed by atoms with E-state index >= 15 is 0 Å². The number of nitrogens with zero attached hydrogens (tertiary/aromatic N) is 1. The summed E-state index contributed by atoms with van der Waals surface area (Å²) in [6, 6.07) is 63.2. The van der Waals surface area contributed by atoms with Crippen LogP contribution >= 0.6 is 0 Å². The van der Waals surface area contributed by atoms with Crippen molar-refractivity contribution in [3.63, 3.8) is 0 Å². The lowest BCUT2D eigenvalue weighted by atomic mass is 9.65. The molecule has 6 unspecified atom stereocenters. The lowest BCUT2D eigenvalue weighted by Crippen LogP contribution is -2.36. The Hall–Kier alpha value is -9.04. The first-order valence-corrected chi connectivity index (χ1v) is 33.1. The van der Waals surface area contributed by atoms with Crippen molar-refractivity contribution in [3.05, 3.63) is 260 Å². The Morgan fingerprint density at radius 3 is 1.67 bits per heavy atom. The number of ether oxygens (including phenoxy) is 5. The Morgan fingerprint density at radius 1 is 0.505 bits per heavy atom. The SMILES string of the molecule is CCCC1(O)c2cc(C)ccc2-c2c1c1c(c3cc(C)ccc23)OC(c2ccc(C)cc2)(c2ccc(OC)cc2)C=C1.COc1ccc2c(c1)C1(CC3CCC1C3)c1c3c(c4cc(OC)ccc4c1-2)OC(c1ccccc1)(c1ccc(N2CCCCC2)cc1)C=C3. The van der Waals surface area contributed by atoms with Crippen LogP contribution in [0.1, 0.15) is 137 Å². The number of aliphatic hydroxyl groups is 1. The van der Waals surface area contributed by atoms with Crippen LogP contribution in [0.25, 0.3) is 56.0 Å². The average Bonchev–Trinajstić information content (AvgIpc) is 1.54. The van der Waals surface area contributed by atoms with E-state index in [0.29, 0.717) is 12.3 Å². The fourth-order valence-corrected chi connectivity index (χ4v) is 17.6. The molecule has 1 N–H and O–H groups in total. The Balaban J connectivity index is 0.000000147. The summed E-state index contributed by atoms with van der Waals surface area (Å²) in [6.07, 6.45) is 19.6. The maximum absolute atomic E-state index is 12.6. The molecule has 7 aliphatic rings. The molecule has 0 radical (unpaired) electrons. The van der Waals surface area contributed by atoms with Gasteiger partial charge in [0.15, 0.2) is 11.2 Å². The molecule has 4 aliphatic carbocycles. The van der Waals surface area contributed by atoms with Crippen LogP contribution in [0.2, 0.25) is 0 Å². The average molecular weight is 1200 g/mol. The second-order valence-electron chi connectivity index (χ2n) is 27.0. The van der Waals surface area contributed by atoms with Crippen molar-refractivity contribution in [2.75, 3.05) is 39.3 Å². The van der Waals surface area contributed by atoms with Crippen LogP contribution in [0.3, 0.4) is 0 Å². The van der Waals surface area contributed by atoms with E-state index < -0.39 is 16.8 Å². The van der Waals surface area contributed by atoms with Crippen molar-refractivity contribution in [3.8, 4) is 51.0 Å². The summed E-state index contributed by atoms with van der Waals surface area (Å²) in [5.41, 5.74) is 18.3. The molecule has 456 valence electrons. The number of methoxy groups -OCH3 is 3. The number of hydrogen-bond donors (Lipinski definition) is 1. The summed E-state index contributed by atoms with van der Waals surface area (Å²) >= 11 is 0. The van der Waals surface area contributed by atoms with Gasteiger partial charge in [0.05, 0.1) is 21.3 Å². The van der Waals surface area contributed by atoms with Crippen LogP contribution in [0.5, 0.6) is 28.7 Å². The van der Waals surface area contributed by atoms with E-state index in [-0.39, 0.29) is 5.41 Å². The van der Waals surface area contributed by atoms with Crippen LogP contribution in [-0.4, -0.2) is 39.5 Å². The monoisotopic (exact) mass is 1200 g/mol. The van der Waals surface area contributed by atoms with Crippen LogP contribution in [0, 0.1) is 32.6 Å². The van der Waals surface area contributed by atoms with Gasteiger partial charge in [0.1, 0.15) is 34.3 Å². The molecule has 7 heteroatoms. The van der Waals surface area contributed by atoms with Crippen molar-refractivity contribution >= 4 is 39.4 Å². The summed E-state index contributed by atoms with van der Waals surface area (Å²) in [7, 11) is 5.23. The molecule has 3 heterocycles. The molecule has 10 aromatic rings. The van der Waals surface area contributed by atoms with Gasteiger partial charge in [-0.05, 0) is 200 Å². The zero-order valence-electron chi connectivity index (χ0n) is 53.4. The first-order chi connectivity index (χ1) is 44.4. The highest BCUT2D eigenvalue weighted by atomic mass is 16.5. The molecule has 3 aliphatic heterocycles. The van der Waals surface area contributed by atoms with E-state index in [4.69, 9.17) is 23.7 Å². The summed E-state index contributed by atoms with van der Waals surface area (Å²) in [5.74, 6) is 5.72. The van der Waals surface area contributed by atoms with Gasteiger partial charge >= 0.3 is 0 Å². The lowest BCUT2D eigenvalue weighted by Gasteiger charge is -2.41. The van der Waals surface area contributed by atoms with E-state index in [1.807, 2.05) is 12.1 Å². The molecule has 1 saturated heterocycles. The van der Waals surface area contributed by atoms with Crippen molar-refractivity contribution in [1.82, 2.24) is 0 Å². The molecule has 17 rings (SSSR count). The Bertz CT molecular complexity index is 4600. The number of rotatable bonds is 10. The Labute approximate surface area is 535 Å². The largest absolute Gasteiger partial charge is 0.497 e. The zero-order chi connectivity index (χ0) is 62.0. The fourth-order valence-electron chi connectivity index (χ4n) is 17.6. The van der Waals surface area contributed by atoms with Crippen molar-refractivity contribution < 1.29 is 28.8 Å². The molecule has 3 fully saturated rings. The predicted molar refractivity (Wildman–Crippen MR) is 369 cm³/mol. The second-order valence-corrected chi connectivity index (χ2v) is 27.0. The minimum atomic E-state index is -1.10. The van der Waals surface area contributed by atoms with E-state index in [1.54, 1.807) is 21.3 Å². The van der Waals surface area contributed by atoms with E-state index in [9.17, 15) is 5.11 Å². The molecule has 91 heavy (non-hydrogen) atoms. The minimum Gasteiger partial charge on any atom is -0.497 e. The van der Waals surface area contributed by atoms with Gasteiger partial charge in [-0.1, -0.05) is 164 Å². The molecule has 0 aromatic heterocycles. The van der Waals surface area contributed by atoms with Crippen molar-refractivity contribution in [1.29, 1.82) is 0 Å². The third-order valence-corrected chi connectivity index (χ3v) is 21.9. The van der Waals surface area contributed by atoms with Gasteiger partial charge in [-0.3, -0.25) is 0 Å². The molecule has 10 aromatic carbocycles. The van der Waals surface area contributed by atoms with Gasteiger partial charge in [0, 0.05) is 73.9 Å². The fraction of sp³-hybridized carbons (Fsp3) is 0.286. The number of piperidine rings is 1. The van der Waals surface area contributed by atoms with Crippen LogP contribution < -0.4 is 28.6 Å². The third kappa shape index (κ3) is 8.69. The summed E-state index contributed by atoms with van der Waals surface area (Å²) in [6.45, 7) is 10.7. The van der Waals surface area contributed by atoms with Gasteiger partial charge in [0.2, 0.25) is 0 Å². The van der Waals surface area contributed by atoms with E-state index in [2.05, 4.69) is 221 Å². The van der Waals surface area contributed by atoms with Gasteiger partial charge in [-0.15, -0.1) is 0 Å². The quantitative estimate of drug-likeness (QED) is 0.146. The number of hydrogen-bond acceptors (Lipinski definition) is 7. The molecule has 2 saturated carbocycles. The maximum Gasteiger partial charge on any atom is 0.178 e. The van der Waals surface area contributed by atoms with Crippen LogP contribution in [0.15, 0.2) is 188 Å². The maximum atomic E-state index is 12.6. The molecule has 0 amide bonds. The number of anilines is 1. The first-order valence-electron chi connectivity index (χ1n) is 33.1. The standard InChI is InChI=1S/C45H43NO3.C39H36O3/c1-47-34-17-19-36-39(26-34)43-38(42-41(36)37-20-18-35(48-2)27-40(37)44(42)28-29-11-12-32(44)25-29)21-22-45(49-43,30-9-5-3-6-10-30)31-13-15-33(16-14-31)46-23-7-4-8-24-46;1-6-20-38(40)34-23-26(4)10-18-31(34)35-30-17-9-25(3)22-33(30)37-32(36(35)38)19-21-39(42-37,27-11-7-24(2)8-12-27)28-13-15-29(41-5)16-14-28/h3,5-6,9-10,13-22,26-27,29,32H,4,7-8,11-12,23-25,28H2,1-2H3;7-19,21-23,40H,6,20H2,1-5H3. The molecule has 2 bridgehead atoms. The van der Waals surface area contributed by atoms with Crippen molar-refractivity contribution in [2.45, 2.75) is 108 Å². The lowest BCUT2D eigenvalue weighted by molar-refractivity contribution is 0.0737. The topological polar surface area (TPSA) is 69.6 Å². The minimum absolute atomic E-state index is 0.0448. The Kier molecular flexibility index (Phi) is 13.7. The number of benzene rings is 10. The number of fused-ring (bicyclic) bond motifs is 21. The highest BCUT2D eigenvalue weighted by Gasteiger charge is 2.59. The highest BCUT2D eigenvalue weighted by molar-refractivity contribution is 6.10. The zero-order valence-corrected chi connectivity index (χ0v) is 53.4. The normalized spacial score (nSPS) is 23.3. The van der Waals surface area contributed by atoms with Crippen LogP contribution in [0.4, 0.5) is 5.69 Å². The smallest absolute Gasteiger partial charge is 0.178 e. The molecule has 1 spiro atoms. The van der Waals surface area contributed by atoms with Gasteiger partial charge in [-0.25, -0.2) is 0 Å². The first kappa shape index (κ1) is 57.1. The van der Waals surface area contributed by atoms with Gasteiger partial charge < -0.3 is 33.7 Å². The molecule has 7 nitrogen and oxygen atoms in total. The molecule has 6 atom stereocenters.